The molecule has 12 heteroatoms. The second-order valence-corrected chi connectivity index (χ2v) is 8.67. The van der Waals surface area contributed by atoms with Gasteiger partial charge in [0.15, 0.2) is 5.37 Å². The number of nitrogens with one attached hydrogen (secondary N) is 3. The van der Waals surface area contributed by atoms with Crippen LogP contribution in [0.3, 0.4) is 0 Å². The van der Waals surface area contributed by atoms with Gasteiger partial charge in [0.05, 0.1) is 12.2 Å². The van der Waals surface area contributed by atoms with Crippen molar-refractivity contribution in [1.82, 2.24) is 10.6 Å². The Labute approximate surface area is 180 Å². The summed E-state index contributed by atoms with van der Waals surface area (Å²) in [7, 11) is 0. The molecule has 0 aromatic heterocycles. The molecule has 31 heavy (non-hydrogen) atoms. The Bertz CT molecular complexity index is 846. The second-order valence-electron chi connectivity index (χ2n) is 7.58. The van der Waals surface area contributed by atoms with Crippen molar-refractivity contribution in [3.05, 3.63) is 47.2 Å². The first-order valence-electron chi connectivity index (χ1n) is 8.86. The zero-order valence-corrected chi connectivity index (χ0v) is 17.8. The van der Waals surface area contributed by atoms with Crippen LogP contribution in [0.5, 0.6) is 0 Å². The zero-order chi connectivity index (χ0) is 24.0. The Morgan fingerprint density at radius 2 is 1.71 bits per heavy atom. The van der Waals surface area contributed by atoms with Gasteiger partial charge < -0.3 is 16.4 Å². The predicted molar refractivity (Wildman–Crippen MR) is 108 cm³/mol. The SMILES string of the molecule is CC(C)(C)C(N)=CC(=N)NC(=O)C(NC(=O)Cc1cc(F)cc(F)c1)SCC(F)(F)F. The Hall–Kier alpha value is -2.63. The van der Waals surface area contributed by atoms with E-state index in [2.05, 4.69) is 10.6 Å². The summed E-state index contributed by atoms with van der Waals surface area (Å²) >= 11 is 0.0825. The molecule has 0 saturated carbocycles. The van der Waals surface area contributed by atoms with Gasteiger partial charge in [-0.2, -0.15) is 13.2 Å². The van der Waals surface area contributed by atoms with Crippen LogP contribution >= 0.6 is 11.8 Å². The lowest BCUT2D eigenvalue weighted by Crippen LogP contribution is -2.47. The summed E-state index contributed by atoms with van der Waals surface area (Å²) in [5.74, 6) is -5.81. The van der Waals surface area contributed by atoms with E-state index < -0.39 is 58.4 Å². The average molecular weight is 466 g/mol. The molecule has 0 aliphatic carbocycles. The number of benzene rings is 1. The van der Waals surface area contributed by atoms with Crippen molar-refractivity contribution in [2.75, 3.05) is 5.75 Å². The molecule has 0 spiro atoms. The smallest absolute Gasteiger partial charge is 0.397 e. The number of thioether (sulfide) groups is 1. The number of carbonyl (C=O) groups excluding carboxylic acids is 2. The molecule has 0 fully saturated rings. The molecule has 0 bridgehead atoms. The maximum Gasteiger partial charge on any atom is 0.397 e. The number of amides is 2. The first-order chi connectivity index (χ1) is 14.1. The van der Waals surface area contributed by atoms with Crippen LogP contribution in [0.2, 0.25) is 0 Å². The summed E-state index contributed by atoms with van der Waals surface area (Å²) < 4.78 is 64.3. The van der Waals surface area contributed by atoms with Crippen LogP contribution in [-0.2, 0) is 16.0 Å². The fourth-order valence-corrected chi connectivity index (χ4v) is 2.84. The third kappa shape index (κ3) is 10.3. The van der Waals surface area contributed by atoms with Crippen molar-refractivity contribution in [2.45, 2.75) is 38.7 Å². The molecule has 5 N–H and O–H groups in total. The average Bonchev–Trinajstić information content (AvgIpc) is 2.55. The summed E-state index contributed by atoms with van der Waals surface area (Å²) in [6.07, 6.45) is -4.05. The number of carbonyl (C=O) groups is 2. The summed E-state index contributed by atoms with van der Waals surface area (Å²) in [5, 5.41) is 10.2. The third-order valence-corrected chi connectivity index (χ3v) is 4.81. The lowest BCUT2D eigenvalue weighted by Gasteiger charge is -2.21. The number of hydrogen-bond acceptors (Lipinski definition) is 5. The largest absolute Gasteiger partial charge is 0.401 e. The van der Waals surface area contributed by atoms with Gasteiger partial charge in [0.25, 0.3) is 5.91 Å². The van der Waals surface area contributed by atoms with Crippen LogP contribution in [0.15, 0.2) is 30.0 Å². The highest BCUT2D eigenvalue weighted by Crippen LogP contribution is 2.24. The van der Waals surface area contributed by atoms with E-state index in [4.69, 9.17) is 11.1 Å². The molecule has 0 heterocycles. The highest BCUT2D eigenvalue weighted by Gasteiger charge is 2.32. The Morgan fingerprint density at radius 1 is 1.16 bits per heavy atom. The van der Waals surface area contributed by atoms with Crippen molar-refractivity contribution in [3.8, 4) is 0 Å². The van der Waals surface area contributed by atoms with Crippen LogP contribution in [0.1, 0.15) is 26.3 Å². The minimum Gasteiger partial charge on any atom is -0.401 e. The van der Waals surface area contributed by atoms with E-state index in [1.807, 2.05) is 0 Å². The van der Waals surface area contributed by atoms with Crippen molar-refractivity contribution >= 4 is 29.4 Å². The van der Waals surface area contributed by atoms with E-state index in [1.54, 1.807) is 20.8 Å². The van der Waals surface area contributed by atoms with Gasteiger partial charge in [-0.1, -0.05) is 20.8 Å². The highest BCUT2D eigenvalue weighted by atomic mass is 32.2. The maximum absolute atomic E-state index is 13.2. The van der Waals surface area contributed by atoms with Crippen molar-refractivity contribution in [3.63, 3.8) is 0 Å². The van der Waals surface area contributed by atoms with Crippen LogP contribution in [0.4, 0.5) is 22.0 Å². The monoisotopic (exact) mass is 466 g/mol. The van der Waals surface area contributed by atoms with E-state index in [0.717, 1.165) is 18.2 Å². The summed E-state index contributed by atoms with van der Waals surface area (Å²) in [6, 6.07) is 2.37. The van der Waals surface area contributed by atoms with E-state index in [-0.39, 0.29) is 23.0 Å². The van der Waals surface area contributed by atoms with Gasteiger partial charge in [-0.05, 0) is 23.8 Å². The van der Waals surface area contributed by atoms with Crippen molar-refractivity contribution in [2.24, 2.45) is 11.1 Å². The van der Waals surface area contributed by atoms with Gasteiger partial charge in [0.1, 0.15) is 17.5 Å². The fraction of sp³-hybridized carbons (Fsp3) is 0.421. The lowest BCUT2D eigenvalue weighted by molar-refractivity contribution is -0.126. The van der Waals surface area contributed by atoms with Gasteiger partial charge >= 0.3 is 6.18 Å². The van der Waals surface area contributed by atoms with Gasteiger partial charge in [0.2, 0.25) is 5.91 Å². The second kappa shape index (κ2) is 10.6. The van der Waals surface area contributed by atoms with E-state index in [0.29, 0.717) is 6.07 Å². The number of amidine groups is 1. The Morgan fingerprint density at radius 3 is 2.19 bits per heavy atom. The molecule has 0 aliphatic rings. The molecule has 0 saturated heterocycles. The van der Waals surface area contributed by atoms with Gasteiger partial charge in [-0.25, -0.2) is 8.78 Å². The zero-order valence-electron chi connectivity index (χ0n) is 17.0. The van der Waals surface area contributed by atoms with E-state index >= 15 is 0 Å². The molecule has 1 atom stereocenters. The number of allylic oxidation sites excluding steroid dienone is 1. The van der Waals surface area contributed by atoms with Gasteiger partial charge in [-0.3, -0.25) is 15.0 Å². The third-order valence-electron chi connectivity index (χ3n) is 3.65. The minimum absolute atomic E-state index is 0.0661. The van der Waals surface area contributed by atoms with Crippen LogP contribution in [0, 0.1) is 22.5 Å². The molecule has 6 nitrogen and oxygen atoms in total. The topological polar surface area (TPSA) is 108 Å². The normalized spacial score (nSPS) is 13.5. The van der Waals surface area contributed by atoms with Crippen LogP contribution < -0.4 is 16.4 Å². The summed E-state index contributed by atoms with van der Waals surface area (Å²) in [5.41, 5.74) is 5.46. The molecule has 1 aromatic rings. The number of halogens is 5. The molecule has 2 amide bonds. The van der Waals surface area contributed by atoms with Crippen molar-refractivity contribution < 1.29 is 31.5 Å². The molecule has 0 aliphatic heterocycles. The Kier molecular flexibility index (Phi) is 9.03. The first kappa shape index (κ1) is 26.4. The van der Waals surface area contributed by atoms with Crippen LogP contribution in [-0.4, -0.2) is 35.0 Å². The molecule has 172 valence electrons. The fourth-order valence-electron chi connectivity index (χ4n) is 2.06. The number of alkyl halides is 3. The van der Waals surface area contributed by atoms with Crippen LogP contribution in [0.25, 0.3) is 0 Å². The number of nitrogens with two attached hydrogens (primary N) is 1. The maximum atomic E-state index is 13.2. The van der Waals surface area contributed by atoms with E-state index in [1.165, 1.54) is 0 Å². The standard InChI is InChI=1S/C19H23F5N4O2S/c1-18(2,3)13(25)8-14(26)27-16(30)17(31-9-19(22,23)24)28-15(29)6-10-4-11(20)7-12(21)5-10/h4-5,7-8,17H,6,9,25H2,1-3H3,(H,28,29)(H2,26,27,30). The lowest BCUT2D eigenvalue weighted by atomic mass is 9.92. The molecular formula is C19H23F5N4O2S. The molecule has 0 radical (unpaired) electrons. The summed E-state index contributed by atoms with van der Waals surface area (Å²) in [4.78, 5) is 24.5. The molecule has 1 rings (SSSR count). The van der Waals surface area contributed by atoms with Gasteiger partial charge in [0, 0.05) is 17.2 Å². The highest BCUT2D eigenvalue weighted by molar-refractivity contribution is 8.00. The number of rotatable bonds is 7. The molecule has 1 aromatic carbocycles. The number of hydrogen-bond donors (Lipinski definition) is 4. The Balaban J connectivity index is 2.91. The predicted octanol–water partition coefficient (Wildman–Crippen LogP) is 3.23. The quantitative estimate of drug-likeness (QED) is 0.214. The molecular weight excluding hydrogens is 443 g/mol. The van der Waals surface area contributed by atoms with Crippen molar-refractivity contribution in [1.29, 1.82) is 5.41 Å². The minimum atomic E-state index is -4.62. The summed E-state index contributed by atoms with van der Waals surface area (Å²) in [6.45, 7) is 5.27. The molecule has 1 unspecified atom stereocenters. The first-order valence-corrected chi connectivity index (χ1v) is 9.91. The van der Waals surface area contributed by atoms with E-state index in [9.17, 15) is 31.5 Å². The van der Waals surface area contributed by atoms with Gasteiger partial charge in [-0.15, -0.1) is 11.8 Å².